The van der Waals surface area contributed by atoms with Crippen molar-refractivity contribution in [2.24, 2.45) is 5.92 Å². The number of rotatable bonds is 5. The van der Waals surface area contributed by atoms with Gasteiger partial charge in [-0.3, -0.25) is 0 Å². The number of nitrogens with one attached hydrogen (secondary N) is 1. The summed E-state index contributed by atoms with van der Waals surface area (Å²) >= 11 is 0. The van der Waals surface area contributed by atoms with Crippen LogP contribution >= 0.6 is 0 Å². The summed E-state index contributed by atoms with van der Waals surface area (Å²) in [7, 11) is 0. The summed E-state index contributed by atoms with van der Waals surface area (Å²) in [5.74, 6) is 1.09. The van der Waals surface area contributed by atoms with E-state index < -0.39 is 0 Å². The van der Waals surface area contributed by atoms with Gasteiger partial charge in [-0.05, 0) is 32.8 Å². The van der Waals surface area contributed by atoms with Crippen LogP contribution in [0.2, 0.25) is 0 Å². The summed E-state index contributed by atoms with van der Waals surface area (Å²) in [6.07, 6.45) is 0. The average Bonchev–Trinajstić information content (AvgIpc) is 2.24. The molecule has 1 N–H and O–H groups in total. The highest BCUT2D eigenvalue weighted by molar-refractivity contribution is 5.11. The van der Waals surface area contributed by atoms with Crippen LogP contribution in [-0.4, -0.2) is 22.3 Å². The Morgan fingerprint density at radius 2 is 1.94 bits per heavy atom. The Morgan fingerprint density at radius 3 is 2.41 bits per heavy atom. The molecule has 4 nitrogen and oxygen atoms in total. The molecule has 0 fully saturated rings. The molecule has 1 rings (SSSR count). The molecule has 0 spiro atoms. The lowest BCUT2D eigenvalue weighted by Crippen LogP contribution is -2.35. The van der Waals surface area contributed by atoms with Gasteiger partial charge in [-0.25, -0.2) is 0 Å². The van der Waals surface area contributed by atoms with Crippen LogP contribution in [0.1, 0.15) is 40.3 Å². The van der Waals surface area contributed by atoms with Crippen LogP contribution in [0.5, 0.6) is 5.88 Å². The van der Waals surface area contributed by atoms with Crippen molar-refractivity contribution in [1.29, 1.82) is 0 Å². The van der Waals surface area contributed by atoms with E-state index in [4.69, 9.17) is 4.74 Å². The lowest BCUT2D eigenvalue weighted by molar-refractivity contribution is 0.258. The first kappa shape index (κ1) is 13.9. The topological polar surface area (TPSA) is 47.0 Å². The summed E-state index contributed by atoms with van der Waals surface area (Å²) in [6, 6.07) is 3.82. The van der Waals surface area contributed by atoms with Gasteiger partial charge in [0.25, 0.3) is 0 Å². The summed E-state index contributed by atoms with van der Waals surface area (Å²) in [5, 5.41) is 11.5. The molecule has 0 aliphatic heterocycles. The zero-order chi connectivity index (χ0) is 12.9. The van der Waals surface area contributed by atoms with E-state index >= 15 is 0 Å². The standard InChI is InChI=1S/C13H23N3O/c1-10(2)9-17-12-7-6-11(15-16-12)8-14-13(3,4)5/h6-7,10,14H,8-9H2,1-5H3. The van der Waals surface area contributed by atoms with Crippen molar-refractivity contribution < 1.29 is 4.74 Å². The molecule has 0 saturated heterocycles. The number of nitrogens with zero attached hydrogens (tertiary/aromatic N) is 2. The molecule has 0 saturated carbocycles. The van der Waals surface area contributed by atoms with E-state index in [1.807, 2.05) is 12.1 Å². The maximum Gasteiger partial charge on any atom is 0.233 e. The van der Waals surface area contributed by atoms with Gasteiger partial charge in [0.1, 0.15) is 0 Å². The predicted molar refractivity (Wildman–Crippen MR) is 69.0 cm³/mol. The Balaban J connectivity index is 2.45. The highest BCUT2D eigenvalue weighted by Crippen LogP contribution is 2.07. The van der Waals surface area contributed by atoms with Gasteiger partial charge in [-0.1, -0.05) is 13.8 Å². The molecule has 1 aromatic rings. The van der Waals surface area contributed by atoms with Crippen molar-refractivity contribution in [3.05, 3.63) is 17.8 Å². The van der Waals surface area contributed by atoms with E-state index in [-0.39, 0.29) is 5.54 Å². The molecule has 17 heavy (non-hydrogen) atoms. The SMILES string of the molecule is CC(C)COc1ccc(CNC(C)(C)C)nn1. The van der Waals surface area contributed by atoms with Gasteiger partial charge in [-0.15, -0.1) is 5.10 Å². The molecule has 1 aromatic heterocycles. The second kappa shape index (κ2) is 5.96. The Kier molecular flexibility index (Phi) is 4.87. The minimum Gasteiger partial charge on any atom is -0.476 e. The molecule has 0 aliphatic rings. The molecule has 0 aliphatic carbocycles. The van der Waals surface area contributed by atoms with Crippen LogP contribution in [0.4, 0.5) is 0 Å². The fourth-order valence-corrected chi connectivity index (χ4v) is 1.13. The van der Waals surface area contributed by atoms with Gasteiger partial charge in [0.2, 0.25) is 5.88 Å². The third kappa shape index (κ3) is 6.22. The largest absolute Gasteiger partial charge is 0.476 e. The van der Waals surface area contributed by atoms with E-state index in [2.05, 4.69) is 50.1 Å². The molecule has 4 heteroatoms. The van der Waals surface area contributed by atoms with Crippen molar-refractivity contribution in [3.63, 3.8) is 0 Å². The lowest BCUT2D eigenvalue weighted by Gasteiger charge is -2.19. The first-order valence-corrected chi connectivity index (χ1v) is 6.07. The number of ether oxygens (including phenoxy) is 1. The van der Waals surface area contributed by atoms with Crippen molar-refractivity contribution in [1.82, 2.24) is 15.5 Å². The number of hydrogen-bond acceptors (Lipinski definition) is 4. The average molecular weight is 237 g/mol. The smallest absolute Gasteiger partial charge is 0.233 e. The van der Waals surface area contributed by atoms with E-state index in [0.717, 1.165) is 12.2 Å². The van der Waals surface area contributed by atoms with Crippen molar-refractivity contribution >= 4 is 0 Å². The molecular weight excluding hydrogens is 214 g/mol. The quantitative estimate of drug-likeness (QED) is 0.854. The van der Waals surface area contributed by atoms with Crippen molar-refractivity contribution in [2.75, 3.05) is 6.61 Å². The summed E-state index contributed by atoms with van der Waals surface area (Å²) < 4.78 is 5.47. The Morgan fingerprint density at radius 1 is 1.24 bits per heavy atom. The highest BCUT2D eigenvalue weighted by Gasteiger charge is 2.09. The van der Waals surface area contributed by atoms with Crippen LogP contribution in [0.3, 0.4) is 0 Å². The fraction of sp³-hybridized carbons (Fsp3) is 0.692. The van der Waals surface area contributed by atoms with E-state index in [1.165, 1.54) is 0 Å². The van der Waals surface area contributed by atoms with Gasteiger partial charge in [-0.2, -0.15) is 5.10 Å². The number of hydrogen-bond donors (Lipinski definition) is 1. The zero-order valence-electron chi connectivity index (χ0n) is 11.4. The van der Waals surface area contributed by atoms with Crippen molar-refractivity contribution in [2.45, 2.75) is 46.7 Å². The normalized spacial score (nSPS) is 11.9. The summed E-state index contributed by atoms with van der Waals surface area (Å²) in [6.45, 7) is 12.0. The maximum atomic E-state index is 5.47. The van der Waals surface area contributed by atoms with E-state index in [0.29, 0.717) is 18.4 Å². The predicted octanol–water partition coefficient (Wildman–Crippen LogP) is 2.40. The minimum absolute atomic E-state index is 0.0918. The van der Waals surface area contributed by atoms with Gasteiger partial charge in [0.15, 0.2) is 0 Å². The van der Waals surface area contributed by atoms with Gasteiger partial charge >= 0.3 is 0 Å². The first-order chi connectivity index (χ1) is 7.87. The molecule has 0 amide bonds. The maximum absolute atomic E-state index is 5.47. The van der Waals surface area contributed by atoms with Gasteiger partial charge in [0.05, 0.1) is 12.3 Å². The molecule has 0 radical (unpaired) electrons. The monoisotopic (exact) mass is 237 g/mol. The molecule has 0 aromatic carbocycles. The zero-order valence-corrected chi connectivity index (χ0v) is 11.4. The molecule has 0 atom stereocenters. The van der Waals surface area contributed by atoms with E-state index in [1.54, 1.807) is 0 Å². The molecule has 1 heterocycles. The van der Waals surface area contributed by atoms with Gasteiger partial charge < -0.3 is 10.1 Å². The lowest BCUT2D eigenvalue weighted by atomic mass is 10.1. The molecule has 0 unspecified atom stereocenters. The first-order valence-electron chi connectivity index (χ1n) is 6.07. The van der Waals surface area contributed by atoms with Crippen LogP contribution in [0, 0.1) is 5.92 Å². The second-order valence-electron chi connectivity index (χ2n) is 5.67. The number of aromatic nitrogens is 2. The highest BCUT2D eigenvalue weighted by atomic mass is 16.5. The molecule has 96 valence electrons. The molecule has 0 bridgehead atoms. The van der Waals surface area contributed by atoms with Gasteiger partial charge in [0, 0.05) is 18.2 Å². The van der Waals surface area contributed by atoms with E-state index in [9.17, 15) is 0 Å². The Hall–Kier alpha value is -1.16. The van der Waals surface area contributed by atoms with Crippen LogP contribution in [0.25, 0.3) is 0 Å². The van der Waals surface area contributed by atoms with Crippen LogP contribution in [-0.2, 0) is 6.54 Å². The van der Waals surface area contributed by atoms with Crippen molar-refractivity contribution in [3.8, 4) is 5.88 Å². The fourth-order valence-electron chi connectivity index (χ4n) is 1.13. The molecular formula is C13H23N3O. The van der Waals surface area contributed by atoms with Crippen LogP contribution in [0.15, 0.2) is 12.1 Å². The summed E-state index contributed by atoms with van der Waals surface area (Å²) in [4.78, 5) is 0. The van der Waals surface area contributed by atoms with Crippen LogP contribution < -0.4 is 10.1 Å². The Labute approximate surface area is 104 Å². The Bertz CT molecular complexity index is 328. The summed E-state index contributed by atoms with van der Waals surface area (Å²) in [5.41, 5.74) is 1.02. The third-order valence-corrected chi connectivity index (χ3v) is 2.06. The third-order valence-electron chi connectivity index (χ3n) is 2.06. The minimum atomic E-state index is 0.0918. The second-order valence-corrected chi connectivity index (χ2v) is 5.67.